The van der Waals surface area contributed by atoms with Gasteiger partial charge in [-0.1, -0.05) is 35.4 Å². The molecular weight excluding hydrogens is 384 g/mol. The van der Waals surface area contributed by atoms with Gasteiger partial charge in [0.25, 0.3) is 0 Å². The van der Waals surface area contributed by atoms with Crippen LogP contribution in [0.15, 0.2) is 47.4 Å². The lowest BCUT2D eigenvalue weighted by molar-refractivity contribution is -0.120. The number of nitrogens with one attached hydrogen (secondary N) is 1. The number of halogens is 1. The summed E-state index contributed by atoms with van der Waals surface area (Å²) in [5.74, 6) is -0.347. The van der Waals surface area contributed by atoms with Crippen LogP contribution in [0.3, 0.4) is 0 Å². The van der Waals surface area contributed by atoms with Gasteiger partial charge >= 0.3 is 0 Å². The number of carbonyl (C=O) groups is 1. The van der Waals surface area contributed by atoms with Crippen LogP contribution in [0.25, 0.3) is 0 Å². The van der Waals surface area contributed by atoms with Crippen molar-refractivity contribution in [3.05, 3.63) is 58.6 Å². The van der Waals surface area contributed by atoms with E-state index in [1.165, 1.54) is 4.31 Å². The molecule has 2 aromatic carbocycles. The van der Waals surface area contributed by atoms with E-state index in [0.29, 0.717) is 41.5 Å². The second-order valence-corrected chi connectivity index (χ2v) is 9.31. The first-order valence-corrected chi connectivity index (χ1v) is 10.7. The highest BCUT2D eigenvalue weighted by Crippen LogP contribution is 2.27. The summed E-state index contributed by atoms with van der Waals surface area (Å²) in [5.41, 5.74) is 2.62. The van der Waals surface area contributed by atoms with E-state index in [1.807, 2.05) is 19.9 Å². The van der Waals surface area contributed by atoms with Crippen LogP contribution in [0, 0.1) is 19.8 Å². The van der Waals surface area contributed by atoms with Crippen LogP contribution in [0.4, 0.5) is 5.69 Å². The lowest BCUT2D eigenvalue weighted by atomic mass is 9.97. The highest BCUT2D eigenvalue weighted by atomic mass is 35.5. The quantitative estimate of drug-likeness (QED) is 0.834. The number of nitrogens with zero attached hydrogens (tertiary/aromatic N) is 1. The molecule has 1 N–H and O–H groups in total. The maximum atomic E-state index is 12.8. The fourth-order valence-electron chi connectivity index (χ4n) is 3.17. The summed E-state index contributed by atoms with van der Waals surface area (Å²) in [6.07, 6.45) is 0.973. The van der Waals surface area contributed by atoms with Crippen molar-refractivity contribution >= 4 is 33.2 Å². The zero-order chi connectivity index (χ0) is 19.6. The summed E-state index contributed by atoms with van der Waals surface area (Å²) < 4.78 is 27.0. The first-order chi connectivity index (χ1) is 12.8. The standard InChI is InChI=1S/C20H23ClN2O3S/c1-14-3-6-17(7-4-14)27(25,26)23-11-9-16(10-12-23)20(24)22-19-8-5-15(2)13-18(19)21/h3-8,13,16H,9-12H2,1-2H3,(H,22,24). The minimum atomic E-state index is -3.52. The normalized spacial score (nSPS) is 16.3. The number of amides is 1. The Hall–Kier alpha value is -1.89. The summed E-state index contributed by atoms with van der Waals surface area (Å²) in [6, 6.07) is 12.3. The topological polar surface area (TPSA) is 66.5 Å². The third-order valence-electron chi connectivity index (χ3n) is 4.87. The van der Waals surface area contributed by atoms with Gasteiger partial charge < -0.3 is 5.32 Å². The molecule has 0 saturated carbocycles. The van der Waals surface area contributed by atoms with E-state index in [9.17, 15) is 13.2 Å². The molecule has 144 valence electrons. The number of carbonyl (C=O) groups excluding carboxylic acids is 1. The summed E-state index contributed by atoms with van der Waals surface area (Å²) >= 11 is 6.17. The zero-order valence-corrected chi connectivity index (χ0v) is 17.0. The summed E-state index contributed by atoms with van der Waals surface area (Å²) in [7, 11) is -3.52. The van der Waals surface area contributed by atoms with Crippen molar-refractivity contribution in [2.45, 2.75) is 31.6 Å². The van der Waals surface area contributed by atoms with E-state index < -0.39 is 10.0 Å². The number of hydrogen-bond donors (Lipinski definition) is 1. The van der Waals surface area contributed by atoms with E-state index >= 15 is 0 Å². The lowest BCUT2D eigenvalue weighted by Gasteiger charge is -2.30. The molecule has 0 aromatic heterocycles. The molecule has 1 saturated heterocycles. The van der Waals surface area contributed by atoms with Crippen molar-refractivity contribution in [2.75, 3.05) is 18.4 Å². The predicted octanol–water partition coefficient (Wildman–Crippen LogP) is 4.00. The molecule has 1 heterocycles. The van der Waals surface area contributed by atoms with Crippen LogP contribution in [-0.2, 0) is 14.8 Å². The Kier molecular flexibility index (Phi) is 5.89. The molecule has 27 heavy (non-hydrogen) atoms. The van der Waals surface area contributed by atoms with Gasteiger partial charge in [0.05, 0.1) is 15.6 Å². The third kappa shape index (κ3) is 4.51. The van der Waals surface area contributed by atoms with Gasteiger partial charge in [-0.15, -0.1) is 0 Å². The Morgan fingerprint density at radius 1 is 1.04 bits per heavy atom. The molecule has 2 aromatic rings. The first kappa shape index (κ1) is 19.9. The average molecular weight is 407 g/mol. The van der Waals surface area contributed by atoms with E-state index in [4.69, 9.17) is 11.6 Å². The molecule has 0 atom stereocenters. The van der Waals surface area contributed by atoms with E-state index in [1.54, 1.807) is 36.4 Å². The number of hydrogen-bond acceptors (Lipinski definition) is 3. The van der Waals surface area contributed by atoms with Crippen LogP contribution in [-0.4, -0.2) is 31.7 Å². The van der Waals surface area contributed by atoms with E-state index in [2.05, 4.69) is 5.32 Å². The average Bonchev–Trinajstić information content (AvgIpc) is 2.64. The van der Waals surface area contributed by atoms with Crippen LogP contribution < -0.4 is 5.32 Å². The maximum Gasteiger partial charge on any atom is 0.243 e. The van der Waals surface area contributed by atoms with Crippen molar-refractivity contribution in [2.24, 2.45) is 5.92 Å². The Morgan fingerprint density at radius 3 is 2.22 bits per heavy atom. The Labute approximate surface area is 165 Å². The lowest BCUT2D eigenvalue weighted by Crippen LogP contribution is -2.41. The summed E-state index contributed by atoms with van der Waals surface area (Å²) in [6.45, 7) is 4.51. The molecule has 0 spiro atoms. The Bertz CT molecular complexity index is 934. The molecule has 0 aliphatic carbocycles. The van der Waals surface area contributed by atoms with Gasteiger partial charge in [0.15, 0.2) is 0 Å². The van der Waals surface area contributed by atoms with Gasteiger partial charge in [0.2, 0.25) is 15.9 Å². The van der Waals surface area contributed by atoms with E-state index in [-0.39, 0.29) is 11.8 Å². The molecule has 0 radical (unpaired) electrons. The van der Waals surface area contributed by atoms with Crippen LogP contribution in [0.1, 0.15) is 24.0 Å². The van der Waals surface area contributed by atoms with Crippen molar-refractivity contribution in [3.63, 3.8) is 0 Å². The van der Waals surface area contributed by atoms with Gasteiger partial charge in [-0.25, -0.2) is 8.42 Å². The predicted molar refractivity (Wildman–Crippen MR) is 107 cm³/mol. The van der Waals surface area contributed by atoms with Gasteiger partial charge in [-0.05, 0) is 56.5 Å². The number of anilines is 1. The van der Waals surface area contributed by atoms with Gasteiger partial charge in [0.1, 0.15) is 0 Å². The fourth-order valence-corrected chi connectivity index (χ4v) is 4.93. The smallest absolute Gasteiger partial charge is 0.243 e. The number of rotatable bonds is 4. The van der Waals surface area contributed by atoms with Crippen LogP contribution in [0.5, 0.6) is 0 Å². The van der Waals surface area contributed by atoms with Gasteiger partial charge in [0, 0.05) is 19.0 Å². The van der Waals surface area contributed by atoms with Crippen molar-refractivity contribution in [1.82, 2.24) is 4.31 Å². The number of aryl methyl sites for hydroxylation is 2. The SMILES string of the molecule is Cc1ccc(S(=O)(=O)N2CCC(C(=O)Nc3ccc(C)cc3Cl)CC2)cc1. The maximum absolute atomic E-state index is 12.8. The van der Waals surface area contributed by atoms with Crippen molar-refractivity contribution < 1.29 is 13.2 Å². The summed E-state index contributed by atoms with van der Waals surface area (Å²) in [4.78, 5) is 12.8. The van der Waals surface area contributed by atoms with Gasteiger partial charge in [-0.2, -0.15) is 4.31 Å². The largest absolute Gasteiger partial charge is 0.325 e. The Balaban J connectivity index is 1.62. The molecule has 0 bridgehead atoms. The molecule has 5 nitrogen and oxygen atoms in total. The second-order valence-electron chi connectivity index (χ2n) is 6.96. The van der Waals surface area contributed by atoms with Gasteiger partial charge in [-0.3, -0.25) is 4.79 Å². The minimum Gasteiger partial charge on any atom is -0.325 e. The summed E-state index contributed by atoms with van der Waals surface area (Å²) in [5, 5.41) is 3.36. The molecule has 7 heteroatoms. The third-order valence-corrected chi connectivity index (χ3v) is 7.09. The fraction of sp³-hybridized carbons (Fsp3) is 0.350. The highest BCUT2D eigenvalue weighted by molar-refractivity contribution is 7.89. The molecule has 1 amide bonds. The number of piperidine rings is 1. The molecule has 1 fully saturated rings. The van der Waals surface area contributed by atoms with Crippen molar-refractivity contribution in [1.29, 1.82) is 0 Å². The number of sulfonamides is 1. The number of benzene rings is 2. The molecule has 1 aliphatic rings. The zero-order valence-electron chi connectivity index (χ0n) is 15.4. The second kappa shape index (κ2) is 8.00. The molecule has 3 rings (SSSR count). The van der Waals surface area contributed by atoms with Crippen LogP contribution in [0.2, 0.25) is 5.02 Å². The van der Waals surface area contributed by atoms with E-state index in [0.717, 1.165) is 11.1 Å². The molecular formula is C20H23ClN2O3S. The molecule has 0 unspecified atom stereocenters. The van der Waals surface area contributed by atoms with Crippen LogP contribution >= 0.6 is 11.6 Å². The monoisotopic (exact) mass is 406 g/mol. The highest BCUT2D eigenvalue weighted by Gasteiger charge is 2.32. The first-order valence-electron chi connectivity index (χ1n) is 8.91. The Morgan fingerprint density at radius 2 is 1.63 bits per heavy atom. The minimum absolute atomic E-state index is 0.117. The van der Waals surface area contributed by atoms with Crippen molar-refractivity contribution in [3.8, 4) is 0 Å². The molecule has 1 aliphatic heterocycles.